The Hall–Kier alpha value is -2.87. The number of sulfonamides is 1. The predicted molar refractivity (Wildman–Crippen MR) is 137 cm³/mol. The molecule has 0 aliphatic heterocycles. The van der Waals surface area contributed by atoms with Crippen molar-refractivity contribution in [3.63, 3.8) is 0 Å². The molecule has 8 heteroatoms. The molecule has 0 radical (unpaired) electrons. The molecule has 0 aromatic heterocycles. The van der Waals surface area contributed by atoms with Crippen LogP contribution in [0.25, 0.3) is 0 Å². The minimum atomic E-state index is -3.76. The molecule has 0 aliphatic rings. The largest absolute Gasteiger partial charge is 0.355 e. The van der Waals surface area contributed by atoms with Crippen LogP contribution in [0.3, 0.4) is 0 Å². The Morgan fingerprint density at radius 2 is 1.62 bits per heavy atom. The van der Waals surface area contributed by atoms with Crippen LogP contribution in [0.4, 0.5) is 5.69 Å². The summed E-state index contributed by atoms with van der Waals surface area (Å²) >= 11 is 0. The maximum Gasteiger partial charge on any atom is 0.244 e. The summed E-state index contributed by atoms with van der Waals surface area (Å²) in [5.74, 6) is -0.612. The molecule has 0 saturated heterocycles. The summed E-state index contributed by atoms with van der Waals surface area (Å²) in [6.45, 7) is 9.87. The molecule has 34 heavy (non-hydrogen) atoms. The number of amides is 2. The van der Waals surface area contributed by atoms with Crippen LogP contribution in [0.2, 0.25) is 0 Å². The Morgan fingerprint density at radius 1 is 1.00 bits per heavy atom. The number of para-hydroxylation sites is 1. The number of anilines is 1. The number of aryl methyl sites for hydroxylation is 1. The highest BCUT2D eigenvalue weighted by Crippen LogP contribution is 2.29. The third-order valence-corrected chi connectivity index (χ3v) is 6.84. The second-order valence-electron chi connectivity index (χ2n) is 8.81. The van der Waals surface area contributed by atoms with E-state index >= 15 is 0 Å². The molecular weight excluding hydrogens is 450 g/mol. The SMILES string of the molecule is CCNC(=O)[C@H](CC)N(Cc1ccc(C)cc1)C(=O)CN(c1ccccc1C(C)C)S(C)(=O)=O. The highest BCUT2D eigenvalue weighted by atomic mass is 32.2. The molecule has 0 unspecified atom stereocenters. The van der Waals surface area contributed by atoms with Gasteiger partial charge < -0.3 is 10.2 Å². The second kappa shape index (κ2) is 12.0. The minimum absolute atomic E-state index is 0.0675. The number of carbonyl (C=O) groups is 2. The first-order chi connectivity index (χ1) is 16.0. The van der Waals surface area contributed by atoms with E-state index in [1.807, 2.05) is 71.0 Å². The molecule has 0 bridgehead atoms. The van der Waals surface area contributed by atoms with Gasteiger partial charge in [0, 0.05) is 13.1 Å². The van der Waals surface area contributed by atoms with Gasteiger partial charge in [-0.1, -0.05) is 68.8 Å². The zero-order chi connectivity index (χ0) is 25.5. The van der Waals surface area contributed by atoms with Crippen LogP contribution in [0.1, 0.15) is 56.7 Å². The van der Waals surface area contributed by atoms with E-state index in [9.17, 15) is 18.0 Å². The van der Waals surface area contributed by atoms with Gasteiger partial charge in [0.15, 0.2) is 0 Å². The molecule has 1 N–H and O–H groups in total. The van der Waals surface area contributed by atoms with E-state index in [-0.39, 0.29) is 24.9 Å². The summed E-state index contributed by atoms with van der Waals surface area (Å²) in [5.41, 5.74) is 3.28. The Labute approximate surface area is 204 Å². The third-order valence-electron chi connectivity index (χ3n) is 5.72. The lowest BCUT2D eigenvalue weighted by molar-refractivity contribution is -0.140. The molecule has 0 fully saturated rings. The molecule has 2 amide bonds. The van der Waals surface area contributed by atoms with Gasteiger partial charge >= 0.3 is 0 Å². The van der Waals surface area contributed by atoms with E-state index in [2.05, 4.69) is 5.32 Å². The highest BCUT2D eigenvalue weighted by Gasteiger charge is 2.32. The van der Waals surface area contributed by atoms with Crippen LogP contribution in [-0.2, 0) is 26.2 Å². The normalized spacial score (nSPS) is 12.3. The van der Waals surface area contributed by atoms with Gasteiger partial charge in [-0.25, -0.2) is 8.42 Å². The van der Waals surface area contributed by atoms with Crippen molar-refractivity contribution in [1.82, 2.24) is 10.2 Å². The average molecular weight is 488 g/mol. The van der Waals surface area contributed by atoms with Crippen molar-refractivity contribution in [3.05, 3.63) is 65.2 Å². The van der Waals surface area contributed by atoms with Crippen molar-refractivity contribution in [2.24, 2.45) is 0 Å². The molecule has 0 aliphatic carbocycles. The predicted octanol–water partition coefficient (Wildman–Crippen LogP) is 3.83. The van der Waals surface area contributed by atoms with Crippen LogP contribution in [0.15, 0.2) is 48.5 Å². The van der Waals surface area contributed by atoms with E-state index in [0.717, 1.165) is 27.3 Å². The molecule has 0 spiro atoms. The van der Waals surface area contributed by atoms with E-state index < -0.39 is 22.0 Å². The fourth-order valence-electron chi connectivity index (χ4n) is 3.90. The summed E-state index contributed by atoms with van der Waals surface area (Å²) < 4.78 is 26.8. The van der Waals surface area contributed by atoms with Gasteiger partial charge in [-0.15, -0.1) is 0 Å². The van der Waals surface area contributed by atoms with Gasteiger partial charge in [0.25, 0.3) is 0 Å². The molecule has 7 nitrogen and oxygen atoms in total. The topological polar surface area (TPSA) is 86.8 Å². The Morgan fingerprint density at radius 3 is 2.15 bits per heavy atom. The number of hydrogen-bond acceptors (Lipinski definition) is 4. The fraction of sp³-hybridized carbons (Fsp3) is 0.462. The number of hydrogen-bond donors (Lipinski definition) is 1. The minimum Gasteiger partial charge on any atom is -0.355 e. The van der Waals surface area contributed by atoms with Gasteiger partial charge in [0.05, 0.1) is 11.9 Å². The summed E-state index contributed by atoms with van der Waals surface area (Å²) in [4.78, 5) is 28.0. The lowest BCUT2D eigenvalue weighted by Gasteiger charge is -2.33. The van der Waals surface area contributed by atoms with Crippen molar-refractivity contribution in [1.29, 1.82) is 0 Å². The number of rotatable bonds is 11. The molecule has 0 heterocycles. The fourth-order valence-corrected chi connectivity index (χ4v) is 4.77. The Balaban J connectivity index is 2.48. The van der Waals surface area contributed by atoms with Crippen LogP contribution in [0, 0.1) is 6.92 Å². The van der Waals surface area contributed by atoms with Crippen molar-refractivity contribution >= 4 is 27.5 Å². The number of benzene rings is 2. The molecule has 1 atom stereocenters. The number of likely N-dealkylation sites (N-methyl/N-ethyl adjacent to an activating group) is 1. The van der Waals surface area contributed by atoms with Gasteiger partial charge in [-0.05, 0) is 43.4 Å². The van der Waals surface area contributed by atoms with Crippen LogP contribution in [-0.4, -0.2) is 50.5 Å². The molecule has 2 aromatic rings. The molecule has 2 rings (SSSR count). The molecule has 186 valence electrons. The monoisotopic (exact) mass is 487 g/mol. The first-order valence-electron chi connectivity index (χ1n) is 11.7. The van der Waals surface area contributed by atoms with Crippen LogP contribution < -0.4 is 9.62 Å². The van der Waals surface area contributed by atoms with Gasteiger partial charge in [0.1, 0.15) is 12.6 Å². The zero-order valence-electron chi connectivity index (χ0n) is 21.0. The van der Waals surface area contributed by atoms with E-state index in [4.69, 9.17) is 0 Å². The van der Waals surface area contributed by atoms with Gasteiger partial charge in [-0.2, -0.15) is 0 Å². The van der Waals surface area contributed by atoms with Crippen LogP contribution in [0.5, 0.6) is 0 Å². The van der Waals surface area contributed by atoms with E-state index in [1.54, 1.807) is 12.1 Å². The summed E-state index contributed by atoms with van der Waals surface area (Å²) in [7, 11) is -3.76. The Kier molecular flexibility index (Phi) is 9.67. The highest BCUT2D eigenvalue weighted by molar-refractivity contribution is 7.92. The van der Waals surface area contributed by atoms with Crippen LogP contribution >= 0.6 is 0 Å². The first kappa shape index (κ1) is 27.4. The van der Waals surface area contributed by atoms with Crippen molar-refractivity contribution in [2.45, 2.75) is 59.5 Å². The average Bonchev–Trinajstić information content (AvgIpc) is 2.78. The standard InChI is InChI=1S/C26H37N3O4S/c1-7-23(26(31)27-8-2)28(17-21-15-13-20(5)14-16-21)25(30)18-29(34(6,32)33)24-12-10-9-11-22(24)19(3)4/h9-16,19,23H,7-8,17-18H2,1-6H3,(H,27,31)/t23-/m0/s1. The summed E-state index contributed by atoms with van der Waals surface area (Å²) in [5, 5.41) is 2.80. The quantitative estimate of drug-likeness (QED) is 0.522. The summed E-state index contributed by atoms with van der Waals surface area (Å²) in [6, 6.07) is 14.2. The van der Waals surface area contributed by atoms with Gasteiger partial charge in [-0.3, -0.25) is 13.9 Å². The number of nitrogens with zero attached hydrogens (tertiary/aromatic N) is 2. The molecular formula is C26H37N3O4S. The van der Waals surface area contributed by atoms with Crippen molar-refractivity contribution in [3.8, 4) is 0 Å². The lowest BCUT2D eigenvalue weighted by atomic mass is 10.0. The summed E-state index contributed by atoms with van der Waals surface area (Å²) in [6.07, 6.45) is 1.51. The molecule has 2 aromatic carbocycles. The maximum atomic E-state index is 13.7. The van der Waals surface area contributed by atoms with Crippen molar-refractivity contribution < 1.29 is 18.0 Å². The second-order valence-corrected chi connectivity index (χ2v) is 10.7. The van der Waals surface area contributed by atoms with Crippen molar-refractivity contribution in [2.75, 3.05) is 23.7 Å². The third kappa shape index (κ3) is 7.06. The number of carbonyl (C=O) groups excluding carboxylic acids is 2. The van der Waals surface area contributed by atoms with Gasteiger partial charge in [0.2, 0.25) is 21.8 Å². The molecule has 0 saturated carbocycles. The zero-order valence-corrected chi connectivity index (χ0v) is 21.9. The Bertz CT molecular complexity index is 1080. The smallest absolute Gasteiger partial charge is 0.244 e. The first-order valence-corrected chi connectivity index (χ1v) is 13.5. The van der Waals surface area contributed by atoms with E-state index in [0.29, 0.717) is 18.7 Å². The van der Waals surface area contributed by atoms with E-state index in [1.165, 1.54) is 4.90 Å². The lowest BCUT2D eigenvalue weighted by Crippen LogP contribution is -2.52. The maximum absolute atomic E-state index is 13.7. The number of nitrogens with one attached hydrogen (secondary N) is 1.